The van der Waals surface area contributed by atoms with Crippen molar-refractivity contribution in [3.8, 4) is 0 Å². The lowest BCUT2D eigenvalue weighted by Gasteiger charge is -2.38. The fraction of sp³-hybridized carbons (Fsp3) is 0.545. The van der Waals surface area contributed by atoms with Crippen LogP contribution in [0.3, 0.4) is 0 Å². The third-order valence-electron chi connectivity index (χ3n) is 5.02. The molecule has 1 aromatic carbocycles. The van der Waals surface area contributed by atoms with Gasteiger partial charge >= 0.3 is 5.97 Å². The van der Waals surface area contributed by atoms with E-state index < -0.39 is 5.60 Å². The average molecular weight is 372 g/mol. The lowest BCUT2D eigenvalue weighted by Crippen LogP contribution is -2.41. The molecule has 0 radical (unpaired) electrons. The van der Waals surface area contributed by atoms with E-state index in [1.165, 1.54) is 0 Å². The lowest BCUT2D eigenvalue weighted by molar-refractivity contribution is -0.156. The molecule has 3 rings (SSSR count). The molecule has 0 saturated carbocycles. The van der Waals surface area contributed by atoms with Gasteiger partial charge in [-0.25, -0.2) is 4.39 Å². The molecule has 146 valence electrons. The van der Waals surface area contributed by atoms with Crippen LogP contribution in [-0.4, -0.2) is 29.6 Å². The van der Waals surface area contributed by atoms with Crippen LogP contribution in [0.2, 0.25) is 0 Å². The largest absolute Gasteiger partial charge is 0.460 e. The number of aryl methyl sites for hydroxylation is 1. The first-order valence-electron chi connectivity index (χ1n) is 9.64. The third kappa shape index (κ3) is 4.57. The zero-order valence-electron chi connectivity index (χ0n) is 16.9. The Morgan fingerprint density at radius 2 is 2.11 bits per heavy atom. The first-order chi connectivity index (χ1) is 12.6. The Hall–Kier alpha value is -2.17. The number of ether oxygens (including phenoxy) is 1. The summed E-state index contributed by atoms with van der Waals surface area (Å²) in [6.07, 6.45) is 3.06. The average Bonchev–Trinajstić information content (AvgIpc) is 2.55. The number of nitrogens with zero attached hydrogens (tertiary/aromatic N) is 2. The molecule has 0 amide bonds. The van der Waals surface area contributed by atoms with Crippen LogP contribution >= 0.6 is 0 Å². The van der Waals surface area contributed by atoms with Crippen molar-refractivity contribution >= 4 is 22.6 Å². The van der Waals surface area contributed by atoms with E-state index in [0.29, 0.717) is 23.4 Å². The summed E-state index contributed by atoms with van der Waals surface area (Å²) in [5.74, 6) is 0.211. The normalized spacial score (nSPS) is 20.7. The highest BCUT2D eigenvalue weighted by molar-refractivity contribution is 5.94. The predicted molar refractivity (Wildman–Crippen MR) is 106 cm³/mol. The van der Waals surface area contributed by atoms with Gasteiger partial charge in [0.2, 0.25) is 0 Å². The quantitative estimate of drug-likeness (QED) is 0.721. The Labute approximate surface area is 160 Å². The van der Waals surface area contributed by atoms with Gasteiger partial charge in [-0.05, 0) is 64.2 Å². The van der Waals surface area contributed by atoms with Crippen molar-refractivity contribution in [2.24, 2.45) is 11.8 Å². The Bertz CT molecular complexity index is 844. The van der Waals surface area contributed by atoms with Gasteiger partial charge in [0.25, 0.3) is 0 Å². The number of halogens is 1. The number of aromatic nitrogens is 1. The Morgan fingerprint density at radius 3 is 2.81 bits per heavy atom. The lowest BCUT2D eigenvalue weighted by atomic mass is 9.87. The molecule has 1 aliphatic rings. The molecule has 2 atom stereocenters. The molecular formula is C22H29FN2O2. The van der Waals surface area contributed by atoms with Gasteiger partial charge in [-0.3, -0.25) is 9.78 Å². The number of benzene rings is 1. The SMILES string of the molecule is Cc1c(F)cc(N2C[C@@H](C)C[C@@H](CC(=O)OC(C)(C)C)C2)c2cccnc12. The highest BCUT2D eigenvalue weighted by Crippen LogP contribution is 2.35. The highest BCUT2D eigenvalue weighted by atomic mass is 19.1. The van der Waals surface area contributed by atoms with E-state index in [2.05, 4.69) is 16.8 Å². The molecule has 0 spiro atoms. The maximum atomic E-state index is 14.5. The molecule has 0 bridgehead atoms. The number of pyridine rings is 1. The minimum absolute atomic E-state index is 0.164. The molecule has 1 saturated heterocycles. The first-order valence-corrected chi connectivity index (χ1v) is 9.64. The molecule has 27 heavy (non-hydrogen) atoms. The topological polar surface area (TPSA) is 42.4 Å². The van der Waals surface area contributed by atoms with Crippen LogP contribution in [0.15, 0.2) is 24.4 Å². The maximum absolute atomic E-state index is 14.5. The van der Waals surface area contributed by atoms with E-state index in [4.69, 9.17) is 4.74 Å². The van der Waals surface area contributed by atoms with E-state index in [0.717, 1.165) is 30.6 Å². The van der Waals surface area contributed by atoms with Crippen molar-refractivity contribution in [1.29, 1.82) is 0 Å². The van der Waals surface area contributed by atoms with Crippen molar-refractivity contribution in [1.82, 2.24) is 4.98 Å². The van der Waals surface area contributed by atoms with Crippen molar-refractivity contribution in [3.05, 3.63) is 35.8 Å². The standard InChI is InChI=1S/C22H29FN2O2/c1-14-9-16(10-20(26)27-22(3,4)5)13-25(12-14)19-11-18(23)15(2)21-17(19)7-6-8-24-21/h6-8,11,14,16H,9-10,12-13H2,1-5H3/t14-,16-/m0/s1. The van der Waals surface area contributed by atoms with Crippen molar-refractivity contribution in [3.63, 3.8) is 0 Å². The van der Waals surface area contributed by atoms with Gasteiger partial charge in [-0.2, -0.15) is 0 Å². The Morgan fingerprint density at radius 1 is 1.37 bits per heavy atom. The number of carbonyl (C=O) groups is 1. The summed E-state index contributed by atoms with van der Waals surface area (Å²) in [6.45, 7) is 11.2. The van der Waals surface area contributed by atoms with Crippen LogP contribution in [-0.2, 0) is 9.53 Å². The molecule has 4 nitrogen and oxygen atoms in total. The van der Waals surface area contributed by atoms with Gasteiger partial charge in [-0.1, -0.05) is 6.92 Å². The van der Waals surface area contributed by atoms with E-state index in [1.807, 2.05) is 32.9 Å². The second-order valence-corrected chi connectivity index (χ2v) is 8.80. The van der Waals surface area contributed by atoms with Gasteiger partial charge in [0, 0.05) is 35.9 Å². The molecule has 5 heteroatoms. The van der Waals surface area contributed by atoms with E-state index >= 15 is 0 Å². The van der Waals surface area contributed by atoms with E-state index in [-0.39, 0.29) is 17.7 Å². The number of hydrogen-bond donors (Lipinski definition) is 0. The summed E-state index contributed by atoms with van der Waals surface area (Å²) in [7, 11) is 0. The fourth-order valence-corrected chi connectivity index (χ4v) is 4.04. The minimum Gasteiger partial charge on any atom is -0.460 e. The summed E-state index contributed by atoms with van der Waals surface area (Å²) in [4.78, 5) is 18.9. The smallest absolute Gasteiger partial charge is 0.306 e. The van der Waals surface area contributed by atoms with Gasteiger partial charge in [0.05, 0.1) is 11.9 Å². The Kier molecular flexibility index (Phi) is 5.41. The summed E-state index contributed by atoms with van der Waals surface area (Å²) in [5, 5.41) is 0.960. The number of rotatable bonds is 3. The number of piperidine rings is 1. The van der Waals surface area contributed by atoms with Crippen LogP contribution in [0, 0.1) is 24.6 Å². The molecule has 1 aliphatic heterocycles. The van der Waals surface area contributed by atoms with Gasteiger partial charge in [0.1, 0.15) is 11.4 Å². The summed E-state index contributed by atoms with van der Waals surface area (Å²) in [5.41, 5.74) is 1.67. The molecule has 1 aromatic heterocycles. The maximum Gasteiger partial charge on any atom is 0.306 e. The second-order valence-electron chi connectivity index (χ2n) is 8.80. The third-order valence-corrected chi connectivity index (χ3v) is 5.02. The fourth-order valence-electron chi connectivity index (χ4n) is 4.04. The highest BCUT2D eigenvalue weighted by Gasteiger charge is 2.29. The number of hydrogen-bond acceptors (Lipinski definition) is 4. The van der Waals surface area contributed by atoms with Gasteiger partial charge in [0.15, 0.2) is 0 Å². The van der Waals surface area contributed by atoms with Crippen LogP contribution in [0.1, 0.15) is 46.1 Å². The van der Waals surface area contributed by atoms with Crippen LogP contribution < -0.4 is 4.90 Å². The zero-order valence-corrected chi connectivity index (χ0v) is 16.9. The van der Waals surface area contributed by atoms with E-state index in [9.17, 15) is 9.18 Å². The molecule has 0 aliphatic carbocycles. The second kappa shape index (κ2) is 7.45. The molecule has 2 aromatic rings. The summed E-state index contributed by atoms with van der Waals surface area (Å²) < 4.78 is 20.0. The number of esters is 1. The van der Waals surface area contributed by atoms with Crippen LogP contribution in [0.25, 0.3) is 10.9 Å². The van der Waals surface area contributed by atoms with E-state index in [1.54, 1.807) is 19.2 Å². The summed E-state index contributed by atoms with van der Waals surface area (Å²) >= 11 is 0. The van der Waals surface area contributed by atoms with Crippen molar-refractivity contribution < 1.29 is 13.9 Å². The molecule has 1 fully saturated rings. The van der Waals surface area contributed by atoms with Crippen LogP contribution in [0.4, 0.5) is 10.1 Å². The molecule has 2 heterocycles. The first kappa shape index (κ1) is 19.6. The zero-order chi connectivity index (χ0) is 19.8. The van der Waals surface area contributed by atoms with Crippen molar-refractivity contribution in [2.45, 2.75) is 53.1 Å². The molecular weight excluding hydrogens is 343 g/mol. The van der Waals surface area contributed by atoms with Crippen LogP contribution in [0.5, 0.6) is 0 Å². The number of fused-ring (bicyclic) bond motifs is 1. The van der Waals surface area contributed by atoms with Gasteiger partial charge < -0.3 is 9.64 Å². The van der Waals surface area contributed by atoms with Gasteiger partial charge in [-0.15, -0.1) is 0 Å². The minimum atomic E-state index is -0.473. The monoisotopic (exact) mass is 372 g/mol. The molecule has 0 unspecified atom stereocenters. The Balaban J connectivity index is 1.86. The summed E-state index contributed by atoms with van der Waals surface area (Å²) in [6, 6.07) is 5.49. The predicted octanol–water partition coefficient (Wildman–Crippen LogP) is 4.88. The molecule has 0 N–H and O–H groups in total. The number of carbonyl (C=O) groups excluding carboxylic acids is 1. The van der Waals surface area contributed by atoms with Crippen molar-refractivity contribution in [2.75, 3.05) is 18.0 Å². The number of anilines is 1.